The number of carbonyl (C=O) groups excluding carboxylic acids is 3. The van der Waals surface area contributed by atoms with E-state index < -0.39 is 24.1 Å². The molecule has 1 heterocycles. The predicted octanol–water partition coefficient (Wildman–Crippen LogP) is 5.80. The van der Waals surface area contributed by atoms with E-state index in [1.165, 1.54) is 29.2 Å². The zero-order valence-electron chi connectivity index (χ0n) is 21.9. The smallest absolute Gasteiger partial charge is 0.411 e. The van der Waals surface area contributed by atoms with Gasteiger partial charge in [-0.15, -0.1) is 0 Å². The second kappa shape index (κ2) is 11.8. The molecule has 0 bridgehead atoms. The summed E-state index contributed by atoms with van der Waals surface area (Å²) in [6, 6.07) is 30.2. The van der Waals surface area contributed by atoms with E-state index in [0.717, 1.165) is 11.1 Å². The molecular formula is C32H28FN3O4. The van der Waals surface area contributed by atoms with E-state index in [2.05, 4.69) is 5.32 Å². The highest BCUT2D eigenvalue weighted by Gasteiger charge is 2.48. The molecule has 2 atom stereocenters. The third-order valence-corrected chi connectivity index (χ3v) is 6.78. The molecule has 202 valence electrons. The van der Waals surface area contributed by atoms with Gasteiger partial charge in [0.05, 0.1) is 6.54 Å². The molecular weight excluding hydrogens is 509 g/mol. The van der Waals surface area contributed by atoms with E-state index in [4.69, 9.17) is 4.74 Å². The van der Waals surface area contributed by atoms with Gasteiger partial charge in [0.2, 0.25) is 5.91 Å². The Morgan fingerprint density at radius 3 is 2.08 bits per heavy atom. The Morgan fingerprint density at radius 1 is 0.850 bits per heavy atom. The van der Waals surface area contributed by atoms with E-state index in [0.29, 0.717) is 23.4 Å². The quantitative estimate of drug-likeness (QED) is 0.308. The van der Waals surface area contributed by atoms with Gasteiger partial charge in [0.15, 0.2) is 12.1 Å². The van der Waals surface area contributed by atoms with Crippen LogP contribution in [-0.4, -0.2) is 40.8 Å². The minimum atomic E-state index is -0.888. The number of hydrogen-bond donors (Lipinski definition) is 1. The van der Waals surface area contributed by atoms with Crippen molar-refractivity contribution in [3.05, 3.63) is 137 Å². The SMILES string of the molecule is CN(Cc1ccccc1)C(=O)C1C(c2ccc(NC(=O)c3ccc(F)cc3)cc2)OC(=O)N1Cc1ccccc1. The molecule has 0 radical (unpaired) electrons. The molecule has 1 aliphatic heterocycles. The molecule has 0 aliphatic carbocycles. The Kier molecular flexibility index (Phi) is 7.87. The molecule has 1 saturated heterocycles. The van der Waals surface area contributed by atoms with Crippen LogP contribution < -0.4 is 5.32 Å². The fourth-order valence-corrected chi connectivity index (χ4v) is 4.70. The largest absolute Gasteiger partial charge is 0.438 e. The number of halogens is 1. The second-order valence-corrected chi connectivity index (χ2v) is 9.63. The summed E-state index contributed by atoms with van der Waals surface area (Å²) in [5.41, 5.74) is 3.29. The first kappa shape index (κ1) is 26.6. The van der Waals surface area contributed by atoms with Crippen LogP contribution in [0.5, 0.6) is 0 Å². The van der Waals surface area contributed by atoms with Gasteiger partial charge in [-0.2, -0.15) is 0 Å². The number of likely N-dealkylation sites (N-methyl/N-ethyl adjacent to an activating group) is 1. The molecule has 4 aromatic carbocycles. The summed E-state index contributed by atoms with van der Waals surface area (Å²) in [5, 5.41) is 2.77. The summed E-state index contributed by atoms with van der Waals surface area (Å²) < 4.78 is 19.0. The molecule has 3 amide bonds. The zero-order valence-corrected chi connectivity index (χ0v) is 21.9. The second-order valence-electron chi connectivity index (χ2n) is 9.63. The predicted molar refractivity (Wildman–Crippen MR) is 149 cm³/mol. The lowest BCUT2D eigenvalue weighted by Crippen LogP contribution is -2.46. The molecule has 1 aliphatic rings. The van der Waals surface area contributed by atoms with Crippen LogP contribution in [-0.2, 0) is 22.6 Å². The Labute approximate surface area is 231 Å². The third kappa shape index (κ3) is 6.02. The molecule has 8 heteroatoms. The Bertz CT molecular complexity index is 1480. The maximum absolute atomic E-state index is 13.8. The number of cyclic esters (lactones) is 1. The number of amides is 3. The van der Waals surface area contributed by atoms with Crippen LogP contribution in [0, 0.1) is 5.82 Å². The van der Waals surface area contributed by atoms with Crippen molar-refractivity contribution in [1.82, 2.24) is 9.80 Å². The number of carbonyl (C=O) groups is 3. The number of nitrogens with zero attached hydrogens (tertiary/aromatic N) is 2. The van der Waals surface area contributed by atoms with Crippen molar-refractivity contribution in [2.24, 2.45) is 0 Å². The van der Waals surface area contributed by atoms with Gasteiger partial charge < -0.3 is 15.0 Å². The average Bonchev–Trinajstić information content (AvgIpc) is 3.29. The summed E-state index contributed by atoms with van der Waals surface area (Å²) >= 11 is 0. The van der Waals surface area contributed by atoms with Crippen LogP contribution in [0.4, 0.5) is 14.9 Å². The zero-order chi connectivity index (χ0) is 28.1. The normalized spacial score (nSPS) is 16.4. The minimum absolute atomic E-state index is 0.220. The van der Waals surface area contributed by atoms with Gasteiger partial charge >= 0.3 is 6.09 Å². The first-order valence-electron chi connectivity index (χ1n) is 12.9. The van der Waals surface area contributed by atoms with E-state index >= 15 is 0 Å². The van der Waals surface area contributed by atoms with Crippen molar-refractivity contribution in [3.8, 4) is 0 Å². The van der Waals surface area contributed by atoms with Crippen LogP contribution in [0.3, 0.4) is 0 Å². The van der Waals surface area contributed by atoms with Gasteiger partial charge in [0, 0.05) is 24.8 Å². The number of benzene rings is 4. The number of nitrogens with one attached hydrogen (secondary N) is 1. The summed E-state index contributed by atoms with van der Waals surface area (Å²) in [5.74, 6) is -1.05. The molecule has 7 nitrogen and oxygen atoms in total. The maximum Gasteiger partial charge on any atom is 0.411 e. The lowest BCUT2D eigenvalue weighted by molar-refractivity contribution is -0.136. The van der Waals surface area contributed by atoms with Crippen LogP contribution >= 0.6 is 0 Å². The Balaban J connectivity index is 1.38. The van der Waals surface area contributed by atoms with E-state index in [1.54, 1.807) is 36.2 Å². The lowest BCUT2D eigenvalue weighted by atomic mass is 9.99. The van der Waals surface area contributed by atoms with Gasteiger partial charge in [0.1, 0.15) is 5.82 Å². The summed E-state index contributed by atoms with van der Waals surface area (Å²) in [7, 11) is 1.71. The monoisotopic (exact) mass is 537 g/mol. The molecule has 40 heavy (non-hydrogen) atoms. The Morgan fingerprint density at radius 2 is 1.45 bits per heavy atom. The standard InChI is InChI=1S/C32H28FN3O4/c1-35(20-22-8-4-2-5-9-22)31(38)28-29(40-32(39)36(28)21-23-10-6-3-7-11-23)24-14-18-27(19-15-24)34-30(37)25-12-16-26(33)17-13-25/h2-19,28-29H,20-21H2,1H3,(H,34,37). The molecule has 1 N–H and O–H groups in total. The van der Waals surface area contributed by atoms with Crippen LogP contribution in [0.25, 0.3) is 0 Å². The third-order valence-electron chi connectivity index (χ3n) is 6.78. The maximum atomic E-state index is 13.8. The van der Waals surface area contributed by atoms with E-state index in [9.17, 15) is 18.8 Å². The Hall–Kier alpha value is -4.98. The van der Waals surface area contributed by atoms with Gasteiger partial charge in [-0.25, -0.2) is 9.18 Å². The molecule has 0 saturated carbocycles. The topological polar surface area (TPSA) is 79.0 Å². The number of rotatable bonds is 8. The highest BCUT2D eigenvalue weighted by molar-refractivity contribution is 6.04. The van der Waals surface area contributed by atoms with Crippen molar-refractivity contribution in [2.75, 3.05) is 12.4 Å². The lowest BCUT2D eigenvalue weighted by Gasteiger charge is -2.28. The molecule has 2 unspecified atom stereocenters. The van der Waals surface area contributed by atoms with Crippen LogP contribution in [0.2, 0.25) is 0 Å². The highest BCUT2D eigenvalue weighted by atomic mass is 19.1. The van der Waals surface area contributed by atoms with E-state index in [-0.39, 0.29) is 18.4 Å². The fourth-order valence-electron chi connectivity index (χ4n) is 4.70. The van der Waals surface area contributed by atoms with Crippen LogP contribution in [0.1, 0.15) is 33.2 Å². The minimum Gasteiger partial charge on any atom is -0.438 e. The molecule has 5 rings (SSSR count). The number of anilines is 1. The first-order chi connectivity index (χ1) is 19.4. The van der Waals surface area contributed by atoms with Crippen molar-refractivity contribution in [2.45, 2.75) is 25.2 Å². The summed E-state index contributed by atoms with van der Waals surface area (Å²) in [6.45, 7) is 0.599. The number of ether oxygens (including phenoxy) is 1. The van der Waals surface area contributed by atoms with Gasteiger partial charge in [-0.1, -0.05) is 72.8 Å². The van der Waals surface area contributed by atoms with Crippen molar-refractivity contribution in [3.63, 3.8) is 0 Å². The molecule has 1 fully saturated rings. The molecule has 0 aromatic heterocycles. The van der Waals surface area contributed by atoms with Crippen molar-refractivity contribution >= 4 is 23.6 Å². The highest BCUT2D eigenvalue weighted by Crippen LogP contribution is 2.35. The molecule has 0 spiro atoms. The van der Waals surface area contributed by atoms with Gasteiger partial charge in [-0.3, -0.25) is 14.5 Å². The van der Waals surface area contributed by atoms with Gasteiger partial charge in [0.25, 0.3) is 5.91 Å². The van der Waals surface area contributed by atoms with E-state index in [1.807, 2.05) is 60.7 Å². The summed E-state index contributed by atoms with van der Waals surface area (Å²) in [6.07, 6.45) is -1.42. The van der Waals surface area contributed by atoms with Crippen LogP contribution in [0.15, 0.2) is 109 Å². The fraction of sp³-hybridized carbons (Fsp3) is 0.156. The average molecular weight is 538 g/mol. The van der Waals surface area contributed by atoms with Crippen molar-refractivity contribution < 1.29 is 23.5 Å². The summed E-state index contributed by atoms with van der Waals surface area (Å²) in [4.78, 5) is 42.5. The molecule has 4 aromatic rings. The van der Waals surface area contributed by atoms with Gasteiger partial charge in [-0.05, 0) is 53.1 Å². The van der Waals surface area contributed by atoms with Crippen molar-refractivity contribution in [1.29, 1.82) is 0 Å². The number of hydrogen-bond acceptors (Lipinski definition) is 4. The first-order valence-corrected chi connectivity index (χ1v) is 12.9.